The maximum absolute atomic E-state index is 13.9. The number of nitrogens with one attached hydrogen (secondary N) is 1. The molecule has 4 heterocycles. The normalized spacial score (nSPS) is 20.3. The Morgan fingerprint density at radius 2 is 1.66 bits per heavy atom. The highest BCUT2D eigenvalue weighted by molar-refractivity contribution is 6.36. The van der Waals surface area contributed by atoms with E-state index in [4.69, 9.17) is 16.0 Å². The van der Waals surface area contributed by atoms with Gasteiger partial charge in [0.2, 0.25) is 0 Å². The van der Waals surface area contributed by atoms with Crippen LogP contribution in [-0.4, -0.2) is 63.7 Å². The van der Waals surface area contributed by atoms with Crippen molar-refractivity contribution in [2.24, 2.45) is 0 Å². The first-order valence-electron chi connectivity index (χ1n) is 11.0. The average molecular weight is 508 g/mol. The van der Waals surface area contributed by atoms with E-state index in [0.29, 0.717) is 11.3 Å². The van der Waals surface area contributed by atoms with Gasteiger partial charge >= 0.3 is 6.18 Å². The number of piperazine rings is 1. The third-order valence-corrected chi connectivity index (χ3v) is 6.62. The van der Waals surface area contributed by atoms with E-state index in [1.807, 2.05) is 6.07 Å². The Labute approximate surface area is 203 Å². The van der Waals surface area contributed by atoms with E-state index in [2.05, 4.69) is 10.4 Å². The second-order valence-electron chi connectivity index (χ2n) is 8.41. The van der Waals surface area contributed by atoms with Gasteiger partial charge in [-0.2, -0.15) is 18.3 Å². The highest BCUT2D eigenvalue weighted by Gasteiger charge is 2.48. The van der Waals surface area contributed by atoms with Crippen molar-refractivity contribution in [1.82, 2.24) is 19.6 Å². The number of amides is 2. The molecule has 0 saturated carbocycles. The fraction of sp³-hybridized carbons (Fsp3) is 0.348. The van der Waals surface area contributed by atoms with E-state index in [-0.39, 0.29) is 55.0 Å². The summed E-state index contributed by atoms with van der Waals surface area (Å²) in [5.74, 6) is -0.479. The lowest BCUT2D eigenvalue weighted by molar-refractivity contribution is -0.174. The molecule has 2 aliphatic heterocycles. The van der Waals surface area contributed by atoms with Crippen molar-refractivity contribution >= 4 is 29.2 Å². The monoisotopic (exact) mass is 507 g/mol. The van der Waals surface area contributed by atoms with E-state index in [1.165, 1.54) is 11.2 Å². The van der Waals surface area contributed by atoms with Crippen LogP contribution in [-0.2, 0) is 0 Å². The quantitative estimate of drug-likeness (QED) is 0.568. The first kappa shape index (κ1) is 23.3. The molecule has 8 nitrogen and oxygen atoms in total. The smallest absolute Gasteiger partial charge is 0.410 e. The standard InChI is InChI=1S/C23H21ClF3N5O3/c24-18-19(22(34)31-10-8-30(9-11-31)21(33)14-5-2-1-3-6-14)29-32-17(23(25,26)27)13-15(28-20(18)32)16-7-4-12-35-16/h1-7,12,15,17,28H,8-11,13H2/t15-,17+/m1/s1. The molecule has 0 bridgehead atoms. The number of halogens is 4. The van der Waals surface area contributed by atoms with Gasteiger partial charge in [0.15, 0.2) is 11.7 Å². The van der Waals surface area contributed by atoms with Crippen LogP contribution in [0.25, 0.3) is 0 Å². The second-order valence-corrected chi connectivity index (χ2v) is 8.79. The summed E-state index contributed by atoms with van der Waals surface area (Å²) in [5, 5.41) is 6.75. The number of aromatic nitrogens is 2. The van der Waals surface area contributed by atoms with Crippen molar-refractivity contribution in [2.75, 3.05) is 31.5 Å². The Bertz CT molecular complexity index is 1220. The molecular weight excluding hydrogens is 487 g/mol. The SMILES string of the molecule is O=C(c1ccccc1)N1CCN(C(=O)c2nn3c(c2Cl)N[C@@H](c2ccco2)C[C@H]3C(F)(F)F)CC1. The van der Waals surface area contributed by atoms with Crippen molar-refractivity contribution in [1.29, 1.82) is 0 Å². The minimum absolute atomic E-state index is 0.0807. The summed E-state index contributed by atoms with van der Waals surface area (Å²) in [6, 6.07) is 9.20. The van der Waals surface area contributed by atoms with Crippen LogP contribution in [0.1, 0.15) is 45.1 Å². The van der Waals surface area contributed by atoms with Gasteiger partial charge in [-0.1, -0.05) is 29.8 Å². The number of carbonyl (C=O) groups is 2. The summed E-state index contributed by atoms with van der Waals surface area (Å²) in [5.41, 5.74) is 0.291. The van der Waals surface area contributed by atoms with Gasteiger partial charge in [0.05, 0.1) is 12.3 Å². The highest BCUT2D eigenvalue weighted by Crippen LogP contribution is 2.46. The number of benzene rings is 1. The molecule has 0 spiro atoms. The van der Waals surface area contributed by atoms with Crippen LogP contribution in [0.5, 0.6) is 0 Å². The first-order valence-corrected chi connectivity index (χ1v) is 11.4. The van der Waals surface area contributed by atoms with Gasteiger partial charge < -0.3 is 19.5 Å². The van der Waals surface area contributed by atoms with E-state index in [0.717, 1.165) is 4.68 Å². The first-order chi connectivity index (χ1) is 16.7. The van der Waals surface area contributed by atoms with Gasteiger partial charge in [-0.05, 0) is 24.3 Å². The van der Waals surface area contributed by atoms with Gasteiger partial charge in [0, 0.05) is 38.2 Å². The van der Waals surface area contributed by atoms with Crippen LogP contribution in [0.4, 0.5) is 19.0 Å². The van der Waals surface area contributed by atoms with Crippen LogP contribution in [0.3, 0.4) is 0 Å². The number of alkyl halides is 3. The third-order valence-electron chi connectivity index (χ3n) is 6.26. The summed E-state index contributed by atoms with van der Waals surface area (Å²) in [6.07, 6.45) is -3.60. The summed E-state index contributed by atoms with van der Waals surface area (Å²) in [7, 11) is 0. The lowest BCUT2D eigenvalue weighted by atomic mass is 10.0. The van der Waals surface area contributed by atoms with Gasteiger partial charge in [0.25, 0.3) is 11.8 Å². The molecule has 0 radical (unpaired) electrons. The number of fused-ring (bicyclic) bond motifs is 1. The Kier molecular flexibility index (Phi) is 5.96. The summed E-state index contributed by atoms with van der Waals surface area (Å²) in [4.78, 5) is 28.9. The van der Waals surface area contributed by atoms with E-state index < -0.39 is 24.2 Å². The molecule has 5 rings (SSSR count). The van der Waals surface area contributed by atoms with Crippen LogP contribution in [0.2, 0.25) is 5.02 Å². The summed E-state index contributed by atoms with van der Waals surface area (Å²) in [6.45, 7) is 0.992. The van der Waals surface area contributed by atoms with Crippen molar-refractivity contribution in [3.05, 3.63) is 70.8 Å². The molecule has 184 valence electrons. The number of furan rings is 1. The Morgan fingerprint density at radius 3 is 2.26 bits per heavy atom. The summed E-state index contributed by atoms with van der Waals surface area (Å²) < 4.78 is 47.7. The number of carbonyl (C=O) groups excluding carboxylic acids is 2. The molecule has 0 aliphatic carbocycles. The van der Waals surface area contributed by atoms with Crippen molar-refractivity contribution in [3.63, 3.8) is 0 Å². The maximum atomic E-state index is 13.9. The lowest BCUT2D eigenvalue weighted by Gasteiger charge is -2.34. The van der Waals surface area contributed by atoms with Crippen LogP contribution in [0, 0.1) is 0 Å². The predicted octanol–water partition coefficient (Wildman–Crippen LogP) is 4.39. The topological polar surface area (TPSA) is 83.6 Å². The number of rotatable bonds is 3. The number of hydrogen-bond donors (Lipinski definition) is 1. The minimum Gasteiger partial charge on any atom is -0.467 e. The average Bonchev–Trinajstić information content (AvgIpc) is 3.51. The largest absolute Gasteiger partial charge is 0.467 e. The van der Waals surface area contributed by atoms with Crippen LogP contribution < -0.4 is 5.32 Å². The Hall–Kier alpha value is -3.47. The van der Waals surface area contributed by atoms with E-state index in [9.17, 15) is 22.8 Å². The van der Waals surface area contributed by atoms with Crippen molar-refractivity contribution < 1.29 is 27.2 Å². The number of nitrogens with zero attached hydrogens (tertiary/aromatic N) is 4. The Morgan fingerprint density at radius 1 is 1.00 bits per heavy atom. The molecule has 12 heteroatoms. The summed E-state index contributed by atoms with van der Waals surface area (Å²) >= 11 is 6.40. The predicted molar refractivity (Wildman–Crippen MR) is 120 cm³/mol. The van der Waals surface area contributed by atoms with Crippen LogP contribution in [0.15, 0.2) is 53.1 Å². The molecule has 2 aromatic heterocycles. The number of anilines is 1. The zero-order valence-electron chi connectivity index (χ0n) is 18.3. The van der Waals surface area contributed by atoms with Crippen LogP contribution >= 0.6 is 11.6 Å². The Balaban J connectivity index is 1.35. The van der Waals surface area contributed by atoms with Gasteiger partial charge in [0.1, 0.15) is 16.6 Å². The third kappa shape index (κ3) is 4.36. The molecule has 2 atom stereocenters. The molecule has 0 unspecified atom stereocenters. The van der Waals surface area contributed by atoms with Gasteiger partial charge in [-0.15, -0.1) is 0 Å². The molecule has 1 fully saturated rings. The fourth-order valence-electron chi connectivity index (χ4n) is 4.43. The lowest BCUT2D eigenvalue weighted by Crippen LogP contribution is -2.50. The molecule has 3 aromatic rings. The fourth-order valence-corrected chi connectivity index (χ4v) is 4.69. The minimum atomic E-state index is -4.61. The van der Waals surface area contributed by atoms with E-state index >= 15 is 0 Å². The molecule has 35 heavy (non-hydrogen) atoms. The number of hydrogen-bond acceptors (Lipinski definition) is 5. The van der Waals surface area contributed by atoms with Gasteiger partial charge in [-0.3, -0.25) is 9.59 Å². The second kappa shape index (κ2) is 8.95. The molecule has 1 saturated heterocycles. The molecule has 1 aromatic carbocycles. The molecular formula is C23H21ClF3N5O3. The zero-order chi connectivity index (χ0) is 24.7. The van der Waals surface area contributed by atoms with Crippen molar-refractivity contribution in [3.8, 4) is 0 Å². The molecule has 2 amide bonds. The maximum Gasteiger partial charge on any atom is 0.410 e. The highest BCUT2D eigenvalue weighted by atomic mass is 35.5. The van der Waals surface area contributed by atoms with Gasteiger partial charge in [-0.25, -0.2) is 4.68 Å². The van der Waals surface area contributed by atoms with Crippen molar-refractivity contribution in [2.45, 2.75) is 24.7 Å². The van der Waals surface area contributed by atoms with E-state index in [1.54, 1.807) is 41.3 Å². The zero-order valence-corrected chi connectivity index (χ0v) is 19.1. The molecule has 2 aliphatic rings. The molecule has 1 N–H and O–H groups in total.